The fourth-order valence-corrected chi connectivity index (χ4v) is 5.20. The van der Waals surface area contributed by atoms with Crippen molar-refractivity contribution in [2.75, 3.05) is 7.11 Å². The highest BCUT2D eigenvalue weighted by molar-refractivity contribution is 7.98. The van der Waals surface area contributed by atoms with Crippen molar-refractivity contribution in [3.05, 3.63) is 92.7 Å². The average Bonchev–Trinajstić information content (AvgIpc) is 3.18. The summed E-state index contributed by atoms with van der Waals surface area (Å²) in [5, 5.41) is 2.60. The van der Waals surface area contributed by atoms with E-state index in [1.807, 2.05) is 54.6 Å². The molecule has 160 valence electrons. The Morgan fingerprint density at radius 2 is 1.84 bits per heavy atom. The largest absolute Gasteiger partial charge is 0.495 e. The minimum Gasteiger partial charge on any atom is -0.495 e. The fraction of sp³-hybridized carbons (Fsp3) is 0.0833. The van der Waals surface area contributed by atoms with E-state index >= 15 is 0 Å². The number of halogens is 2. The zero-order chi connectivity index (χ0) is 22.2. The number of para-hydroxylation sites is 3. The van der Waals surface area contributed by atoms with Crippen molar-refractivity contribution in [3.63, 3.8) is 0 Å². The van der Waals surface area contributed by atoms with Gasteiger partial charge >= 0.3 is 0 Å². The van der Waals surface area contributed by atoms with E-state index in [9.17, 15) is 4.79 Å². The number of fused-ring (bicyclic) bond motifs is 3. The zero-order valence-corrected chi connectivity index (χ0v) is 19.3. The first-order valence-corrected chi connectivity index (χ1v) is 11.5. The van der Waals surface area contributed by atoms with Gasteiger partial charge in [0.15, 0.2) is 5.16 Å². The van der Waals surface area contributed by atoms with Gasteiger partial charge in [0.25, 0.3) is 5.56 Å². The maximum atomic E-state index is 13.7. The molecule has 0 unspecified atom stereocenters. The highest BCUT2D eigenvalue weighted by Crippen LogP contribution is 2.32. The molecule has 5 rings (SSSR count). The number of aromatic nitrogens is 3. The van der Waals surface area contributed by atoms with Gasteiger partial charge in [0, 0.05) is 26.7 Å². The molecule has 0 spiro atoms. The van der Waals surface area contributed by atoms with Crippen molar-refractivity contribution in [3.8, 4) is 11.4 Å². The van der Waals surface area contributed by atoms with Crippen molar-refractivity contribution in [2.45, 2.75) is 10.9 Å². The summed E-state index contributed by atoms with van der Waals surface area (Å²) in [6, 6.07) is 20.5. The summed E-state index contributed by atoms with van der Waals surface area (Å²) < 4.78 is 7.12. The molecule has 0 bridgehead atoms. The molecule has 0 aliphatic heterocycles. The van der Waals surface area contributed by atoms with Crippen molar-refractivity contribution in [1.82, 2.24) is 14.5 Å². The van der Waals surface area contributed by atoms with E-state index in [1.165, 1.54) is 11.8 Å². The number of aromatic amines is 1. The minimum atomic E-state index is -0.194. The third-order valence-electron chi connectivity index (χ3n) is 5.19. The third-order valence-corrected chi connectivity index (χ3v) is 6.77. The van der Waals surface area contributed by atoms with Crippen LogP contribution >= 0.6 is 35.0 Å². The van der Waals surface area contributed by atoms with Gasteiger partial charge in [0.05, 0.1) is 12.8 Å². The standard InChI is InChI=1S/C24H17Cl2N3O2S/c1-31-20-9-5-4-8-19(20)29-23(30)22-21(16-6-2-3-7-18(16)27-22)28-24(29)32-13-14-10-11-15(25)12-17(14)26/h2-12,27H,13H2,1H3. The molecule has 0 atom stereocenters. The SMILES string of the molecule is COc1ccccc1-n1c(SCc2ccc(Cl)cc2Cl)nc2c([nH]c3ccccc32)c1=O. The van der Waals surface area contributed by atoms with E-state index in [0.717, 1.165) is 16.5 Å². The normalized spacial score (nSPS) is 11.3. The topological polar surface area (TPSA) is 59.9 Å². The molecule has 3 aromatic carbocycles. The summed E-state index contributed by atoms with van der Waals surface area (Å²) >= 11 is 13.8. The van der Waals surface area contributed by atoms with E-state index in [1.54, 1.807) is 23.8 Å². The quantitative estimate of drug-likeness (QED) is 0.230. The molecule has 5 aromatic rings. The Hall–Kier alpha value is -2.93. The van der Waals surface area contributed by atoms with Gasteiger partial charge in [-0.15, -0.1) is 0 Å². The number of methoxy groups -OCH3 is 1. The summed E-state index contributed by atoms with van der Waals surface area (Å²) in [6.07, 6.45) is 0. The lowest BCUT2D eigenvalue weighted by atomic mass is 10.2. The molecule has 0 amide bonds. The van der Waals surface area contributed by atoms with E-state index in [0.29, 0.717) is 43.4 Å². The molecule has 0 radical (unpaired) electrons. The number of benzene rings is 3. The van der Waals surface area contributed by atoms with Crippen molar-refractivity contribution >= 4 is 56.9 Å². The molecule has 0 fully saturated rings. The molecule has 8 heteroatoms. The highest BCUT2D eigenvalue weighted by atomic mass is 35.5. The van der Waals surface area contributed by atoms with Crippen LogP contribution in [0.2, 0.25) is 10.0 Å². The highest BCUT2D eigenvalue weighted by Gasteiger charge is 2.19. The zero-order valence-electron chi connectivity index (χ0n) is 16.9. The number of hydrogen-bond acceptors (Lipinski definition) is 4. The lowest BCUT2D eigenvalue weighted by Crippen LogP contribution is -2.22. The Morgan fingerprint density at radius 3 is 2.66 bits per heavy atom. The molecule has 2 aromatic heterocycles. The van der Waals surface area contributed by atoms with E-state index in [2.05, 4.69) is 4.98 Å². The summed E-state index contributed by atoms with van der Waals surface area (Å²) in [4.78, 5) is 21.8. The van der Waals surface area contributed by atoms with E-state index in [4.69, 9.17) is 32.9 Å². The number of H-pyrrole nitrogens is 1. The molecule has 0 saturated carbocycles. The lowest BCUT2D eigenvalue weighted by molar-refractivity contribution is 0.411. The molecule has 1 N–H and O–H groups in total. The molecule has 0 aliphatic rings. The van der Waals surface area contributed by atoms with Crippen LogP contribution in [0.4, 0.5) is 0 Å². The summed E-state index contributed by atoms with van der Waals surface area (Å²) in [5.74, 6) is 1.10. The number of nitrogens with zero attached hydrogens (tertiary/aromatic N) is 2. The second-order valence-corrected chi connectivity index (χ2v) is 8.91. The first-order valence-electron chi connectivity index (χ1n) is 9.80. The van der Waals surface area contributed by atoms with Crippen molar-refractivity contribution in [1.29, 1.82) is 0 Å². The second kappa shape index (κ2) is 8.54. The smallest absolute Gasteiger partial charge is 0.283 e. The van der Waals surface area contributed by atoms with Gasteiger partial charge in [-0.05, 0) is 35.9 Å². The van der Waals surface area contributed by atoms with Crippen LogP contribution in [0, 0.1) is 0 Å². The number of rotatable bonds is 5. The van der Waals surface area contributed by atoms with Crippen LogP contribution in [0.5, 0.6) is 5.75 Å². The summed E-state index contributed by atoms with van der Waals surface area (Å²) in [6.45, 7) is 0. The minimum absolute atomic E-state index is 0.194. The predicted octanol–water partition coefficient (Wildman–Crippen LogP) is 6.47. The Balaban J connectivity index is 1.73. The Labute approximate surface area is 198 Å². The third kappa shape index (κ3) is 3.64. The Morgan fingerprint density at radius 1 is 1.06 bits per heavy atom. The van der Waals surface area contributed by atoms with Crippen LogP contribution < -0.4 is 10.3 Å². The fourth-order valence-electron chi connectivity index (χ4n) is 3.65. The van der Waals surface area contributed by atoms with Gasteiger partial charge < -0.3 is 9.72 Å². The number of nitrogens with one attached hydrogen (secondary N) is 1. The van der Waals surface area contributed by atoms with Crippen LogP contribution in [0.1, 0.15) is 5.56 Å². The first-order chi connectivity index (χ1) is 15.6. The molecular formula is C24H17Cl2N3O2S. The van der Waals surface area contributed by atoms with Crippen LogP contribution in [0.25, 0.3) is 27.6 Å². The van der Waals surface area contributed by atoms with Crippen molar-refractivity contribution in [2.24, 2.45) is 0 Å². The van der Waals surface area contributed by atoms with Crippen LogP contribution in [0.3, 0.4) is 0 Å². The average molecular weight is 482 g/mol. The maximum Gasteiger partial charge on any atom is 0.283 e. The van der Waals surface area contributed by atoms with Gasteiger partial charge in [0.2, 0.25) is 0 Å². The lowest BCUT2D eigenvalue weighted by Gasteiger charge is -2.15. The molecule has 0 aliphatic carbocycles. The Bertz CT molecular complexity index is 1530. The number of ether oxygens (including phenoxy) is 1. The van der Waals surface area contributed by atoms with E-state index in [-0.39, 0.29) is 5.56 Å². The van der Waals surface area contributed by atoms with Gasteiger partial charge in [-0.25, -0.2) is 9.55 Å². The molecule has 32 heavy (non-hydrogen) atoms. The van der Waals surface area contributed by atoms with Gasteiger partial charge in [0.1, 0.15) is 16.8 Å². The van der Waals surface area contributed by atoms with Crippen LogP contribution in [-0.2, 0) is 5.75 Å². The van der Waals surface area contributed by atoms with Crippen LogP contribution in [0.15, 0.2) is 76.7 Å². The second-order valence-electron chi connectivity index (χ2n) is 7.13. The molecule has 5 nitrogen and oxygen atoms in total. The summed E-state index contributed by atoms with van der Waals surface area (Å²) in [7, 11) is 1.58. The van der Waals surface area contributed by atoms with Crippen LogP contribution in [-0.4, -0.2) is 21.6 Å². The molecular weight excluding hydrogens is 465 g/mol. The van der Waals surface area contributed by atoms with Gasteiger partial charge in [-0.2, -0.15) is 0 Å². The molecule has 2 heterocycles. The Kier molecular flexibility index (Phi) is 5.59. The van der Waals surface area contributed by atoms with Gasteiger partial charge in [-0.3, -0.25) is 4.79 Å². The summed E-state index contributed by atoms with van der Waals surface area (Å²) in [5.41, 5.74) is 3.29. The van der Waals surface area contributed by atoms with Crippen molar-refractivity contribution < 1.29 is 4.74 Å². The molecule has 0 saturated heterocycles. The monoisotopic (exact) mass is 481 g/mol. The first kappa shape index (κ1) is 20.9. The maximum absolute atomic E-state index is 13.7. The number of thioether (sulfide) groups is 1. The van der Waals surface area contributed by atoms with Gasteiger partial charge in [-0.1, -0.05) is 71.4 Å². The predicted molar refractivity (Wildman–Crippen MR) is 132 cm³/mol. The van der Waals surface area contributed by atoms with E-state index < -0.39 is 0 Å². The number of hydrogen-bond donors (Lipinski definition) is 1.